The van der Waals surface area contributed by atoms with Crippen molar-refractivity contribution in [1.82, 2.24) is 5.32 Å². The van der Waals surface area contributed by atoms with Crippen LogP contribution in [-0.2, 0) is 4.79 Å². The van der Waals surface area contributed by atoms with E-state index in [1.165, 1.54) is 19.2 Å². The lowest BCUT2D eigenvalue weighted by atomic mass is 10.0. The summed E-state index contributed by atoms with van der Waals surface area (Å²) in [6.07, 6.45) is 0. The third-order valence-electron chi connectivity index (χ3n) is 4.35. The number of ether oxygens (including phenoxy) is 1. The first-order valence-corrected chi connectivity index (χ1v) is 8.74. The van der Waals surface area contributed by atoms with Gasteiger partial charge in [-0.15, -0.1) is 0 Å². The van der Waals surface area contributed by atoms with Gasteiger partial charge < -0.3 is 15.4 Å². The lowest BCUT2D eigenvalue weighted by molar-refractivity contribution is -0.385. The molecule has 8 heteroatoms. The number of anilines is 1. The van der Waals surface area contributed by atoms with E-state index in [0.29, 0.717) is 22.6 Å². The Labute approximate surface area is 163 Å². The second-order valence-corrected chi connectivity index (χ2v) is 6.62. The molecule has 0 heterocycles. The average Bonchev–Trinajstić information content (AvgIpc) is 2.67. The number of nitrogens with zero attached hydrogens (tertiary/aromatic N) is 1. The molecule has 0 spiro atoms. The Kier molecular flexibility index (Phi) is 6.70. The van der Waals surface area contributed by atoms with Crippen molar-refractivity contribution in [3.05, 3.63) is 63.7 Å². The van der Waals surface area contributed by atoms with Gasteiger partial charge in [-0.2, -0.15) is 0 Å². The van der Waals surface area contributed by atoms with E-state index in [0.717, 1.165) is 0 Å². The van der Waals surface area contributed by atoms with Crippen molar-refractivity contribution in [2.24, 2.45) is 5.92 Å². The van der Waals surface area contributed by atoms with E-state index in [1.807, 2.05) is 0 Å². The number of rotatable bonds is 7. The van der Waals surface area contributed by atoms with Crippen LogP contribution < -0.4 is 15.4 Å². The number of hydrogen-bond donors (Lipinski definition) is 2. The second kappa shape index (κ2) is 8.98. The molecular weight excluding hydrogens is 362 g/mol. The third kappa shape index (κ3) is 4.85. The predicted octanol–water partition coefficient (Wildman–Crippen LogP) is 3.30. The number of benzene rings is 2. The van der Waals surface area contributed by atoms with Gasteiger partial charge >= 0.3 is 0 Å². The Morgan fingerprint density at radius 2 is 1.75 bits per heavy atom. The summed E-state index contributed by atoms with van der Waals surface area (Å²) in [4.78, 5) is 35.8. The standard InChI is InChI=1S/C20H23N3O5/c1-12(2)18(22-19(24)14-8-10-15(28-4)11-9-14)20(25)21-16-6-5-7-17(13(16)3)23(26)27/h5-12,18H,1-4H3,(H,21,25)(H,22,24). The maximum absolute atomic E-state index is 12.7. The van der Waals surface area contributed by atoms with Gasteiger partial charge in [0.25, 0.3) is 11.6 Å². The number of amides is 2. The van der Waals surface area contributed by atoms with E-state index in [4.69, 9.17) is 4.74 Å². The van der Waals surface area contributed by atoms with Gasteiger partial charge in [0.1, 0.15) is 11.8 Å². The fraction of sp³-hybridized carbons (Fsp3) is 0.300. The van der Waals surface area contributed by atoms with Crippen molar-refractivity contribution in [2.45, 2.75) is 26.8 Å². The summed E-state index contributed by atoms with van der Waals surface area (Å²) in [5, 5.41) is 16.5. The monoisotopic (exact) mass is 385 g/mol. The summed E-state index contributed by atoms with van der Waals surface area (Å²) in [5.74, 6) is -0.412. The van der Waals surface area contributed by atoms with Crippen molar-refractivity contribution < 1.29 is 19.2 Å². The maximum Gasteiger partial charge on any atom is 0.274 e. The fourth-order valence-corrected chi connectivity index (χ4v) is 2.67. The summed E-state index contributed by atoms with van der Waals surface area (Å²) >= 11 is 0. The number of nitro groups is 1. The quantitative estimate of drug-likeness (QED) is 0.561. The van der Waals surface area contributed by atoms with Crippen LogP contribution >= 0.6 is 0 Å². The number of carbonyl (C=O) groups is 2. The minimum Gasteiger partial charge on any atom is -0.497 e. The van der Waals surface area contributed by atoms with Crippen molar-refractivity contribution in [3.63, 3.8) is 0 Å². The largest absolute Gasteiger partial charge is 0.497 e. The molecule has 148 valence electrons. The normalized spacial score (nSPS) is 11.6. The molecule has 0 fully saturated rings. The number of carbonyl (C=O) groups excluding carboxylic acids is 2. The minimum absolute atomic E-state index is 0.0823. The third-order valence-corrected chi connectivity index (χ3v) is 4.35. The van der Waals surface area contributed by atoms with Gasteiger partial charge in [0, 0.05) is 11.6 Å². The van der Waals surface area contributed by atoms with Gasteiger partial charge in [0.05, 0.1) is 23.3 Å². The highest BCUT2D eigenvalue weighted by Crippen LogP contribution is 2.25. The van der Waals surface area contributed by atoms with Gasteiger partial charge in [0.2, 0.25) is 5.91 Å². The van der Waals surface area contributed by atoms with E-state index in [2.05, 4.69) is 10.6 Å². The van der Waals surface area contributed by atoms with E-state index in [-0.39, 0.29) is 11.6 Å². The van der Waals surface area contributed by atoms with Crippen LogP contribution in [-0.4, -0.2) is 29.9 Å². The molecule has 0 aromatic heterocycles. The Morgan fingerprint density at radius 3 is 2.29 bits per heavy atom. The first-order valence-electron chi connectivity index (χ1n) is 8.74. The molecule has 0 radical (unpaired) electrons. The highest BCUT2D eigenvalue weighted by Gasteiger charge is 2.26. The Morgan fingerprint density at radius 1 is 1.11 bits per heavy atom. The summed E-state index contributed by atoms with van der Waals surface area (Å²) in [6.45, 7) is 5.17. The maximum atomic E-state index is 12.7. The minimum atomic E-state index is -0.812. The zero-order chi connectivity index (χ0) is 20.8. The van der Waals surface area contributed by atoms with Crippen LogP contribution in [0.4, 0.5) is 11.4 Å². The lowest BCUT2D eigenvalue weighted by Crippen LogP contribution is -2.47. The molecular formula is C20H23N3O5. The number of methoxy groups -OCH3 is 1. The molecule has 0 bridgehead atoms. The zero-order valence-corrected chi connectivity index (χ0v) is 16.2. The average molecular weight is 385 g/mol. The molecule has 0 aliphatic carbocycles. The van der Waals surface area contributed by atoms with Gasteiger partial charge in [0.15, 0.2) is 0 Å². The molecule has 8 nitrogen and oxygen atoms in total. The highest BCUT2D eigenvalue weighted by atomic mass is 16.6. The topological polar surface area (TPSA) is 111 Å². The summed E-state index contributed by atoms with van der Waals surface area (Å²) in [6, 6.07) is 10.2. The molecule has 2 aromatic rings. The number of nitrogens with one attached hydrogen (secondary N) is 2. The Balaban J connectivity index is 2.17. The first kappa shape index (κ1) is 20.9. The van der Waals surface area contributed by atoms with Crippen molar-refractivity contribution >= 4 is 23.2 Å². The lowest BCUT2D eigenvalue weighted by Gasteiger charge is -2.22. The van der Waals surface area contributed by atoms with Crippen LogP contribution in [0.2, 0.25) is 0 Å². The van der Waals surface area contributed by atoms with Crippen LogP contribution in [0.3, 0.4) is 0 Å². The van der Waals surface area contributed by atoms with Crippen LogP contribution in [0.15, 0.2) is 42.5 Å². The van der Waals surface area contributed by atoms with E-state index >= 15 is 0 Å². The molecule has 28 heavy (non-hydrogen) atoms. The van der Waals surface area contributed by atoms with Gasteiger partial charge in [-0.05, 0) is 43.2 Å². The molecule has 0 saturated carbocycles. The molecule has 2 rings (SSSR count). The van der Waals surface area contributed by atoms with Gasteiger partial charge in [-0.3, -0.25) is 19.7 Å². The molecule has 2 N–H and O–H groups in total. The number of hydrogen-bond acceptors (Lipinski definition) is 5. The zero-order valence-electron chi connectivity index (χ0n) is 16.2. The molecule has 0 saturated heterocycles. The Bertz CT molecular complexity index is 878. The first-order chi connectivity index (χ1) is 13.2. The summed E-state index contributed by atoms with van der Waals surface area (Å²) in [7, 11) is 1.53. The molecule has 2 aromatic carbocycles. The van der Waals surface area contributed by atoms with Gasteiger partial charge in [-0.25, -0.2) is 0 Å². The number of nitro benzene ring substituents is 1. The second-order valence-electron chi connectivity index (χ2n) is 6.62. The smallest absolute Gasteiger partial charge is 0.274 e. The van der Waals surface area contributed by atoms with Crippen LogP contribution in [0.1, 0.15) is 29.8 Å². The van der Waals surface area contributed by atoms with E-state index in [1.54, 1.807) is 51.1 Å². The van der Waals surface area contributed by atoms with Crippen LogP contribution in [0.5, 0.6) is 5.75 Å². The molecule has 1 atom stereocenters. The Hall–Kier alpha value is -3.42. The molecule has 2 amide bonds. The predicted molar refractivity (Wildman–Crippen MR) is 106 cm³/mol. The van der Waals surface area contributed by atoms with Crippen molar-refractivity contribution in [2.75, 3.05) is 12.4 Å². The van der Waals surface area contributed by atoms with Crippen LogP contribution in [0, 0.1) is 23.0 Å². The summed E-state index contributed by atoms with van der Waals surface area (Å²) < 4.78 is 5.07. The molecule has 0 aliphatic rings. The van der Waals surface area contributed by atoms with Crippen molar-refractivity contribution in [3.8, 4) is 5.75 Å². The SMILES string of the molecule is COc1ccc(C(=O)NC(C(=O)Nc2cccc([N+](=O)[O-])c2C)C(C)C)cc1. The van der Waals surface area contributed by atoms with E-state index < -0.39 is 22.8 Å². The highest BCUT2D eigenvalue weighted by molar-refractivity contribution is 6.01. The van der Waals surface area contributed by atoms with Crippen LogP contribution in [0.25, 0.3) is 0 Å². The fourth-order valence-electron chi connectivity index (χ4n) is 2.67. The van der Waals surface area contributed by atoms with E-state index in [9.17, 15) is 19.7 Å². The molecule has 1 unspecified atom stereocenters. The molecule has 0 aliphatic heterocycles. The van der Waals surface area contributed by atoms with Crippen molar-refractivity contribution in [1.29, 1.82) is 0 Å². The van der Waals surface area contributed by atoms with Gasteiger partial charge in [-0.1, -0.05) is 19.9 Å². The summed E-state index contributed by atoms with van der Waals surface area (Å²) in [5.41, 5.74) is 1.00.